The van der Waals surface area contributed by atoms with Crippen molar-refractivity contribution in [1.29, 1.82) is 0 Å². The Morgan fingerprint density at radius 2 is 2.16 bits per heavy atom. The van der Waals surface area contributed by atoms with E-state index in [4.69, 9.17) is 5.73 Å². The average molecular weight is 422 g/mol. The SMILES string of the molecule is CCCc1c(C(=O)N/N=C(/C)c2cccc(-n3cnnn3)c2)nnn1-c1nonc1N. The maximum Gasteiger partial charge on any atom is 0.293 e. The van der Waals surface area contributed by atoms with Crippen LogP contribution in [0.15, 0.2) is 40.3 Å². The van der Waals surface area contributed by atoms with E-state index < -0.39 is 5.91 Å². The largest absolute Gasteiger partial charge is 0.378 e. The third-order valence-corrected chi connectivity index (χ3v) is 4.36. The van der Waals surface area contributed by atoms with E-state index in [1.165, 1.54) is 15.7 Å². The molecule has 0 aliphatic rings. The summed E-state index contributed by atoms with van der Waals surface area (Å²) in [4.78, 5) is 12.7. The summed E-state index contributed by atoms with van der Waals surface area (Å²) in [5.74, 6) is -0.291. The van der Waals surface area contributed by atoms with E-state index in [1.54, 1.807) is 6.92 Å². The quantitative estimate of drug-likeness (QED) is 0.311. The number of hydrogen-bond acceptors (Lipinski definition) is 11. The predicted octanol–water partition coefficient (Wildman–Crippen LogP) is 0.315. The molecule has 0 atom stereocenters. The van der Waals surface area contributed by atoms with Crippen LogP contribution in [0.2, 0.25) is 0 Å². The number of rotatable bonds is 7. The first kappa shape index (κ1) is 19.8. The van der Waals surface area contributed by atoms with Gasteiger partial charge in [0.25, 0.3) is 5.91 Å². The molecule has 14 nitrogen and oxygen atoms in total. The normalized spacial score (nSPS) is 11.6. The second-order valence-corrected chi connectivity index (χ2v) is 6.46. The highest BCUT2D eigenvalue weighted by atomic mass is 16.6. The summed E-state index contributed by atoms with van der Waals surface area (Å²) in [5, 5.41) is 30.5. The van der Waals surface area contributed by atoms with Crippen molar-refractivity contribution < 1.29 is 9.42 Å². The monoisotopic (exact) mass is 422 g/mol. The third kappa shape index (κ3) is 3.98. The lowest BCUT2D eigenvalue weighted by atomic mass is 10.1. The molecular weight excluding hydrogens is 404 g/mol. The summed E-state index contributed by atoms with van der Waals surface area (Å²) in [5.41, 5.74) is 11.0. The van der Waals surface area contributed by atoms with Crippen LogP contribution in [0.5, 0.6) is 0 Å². The summed E-state index contributed by atoms with van der Waals surface area (Å²) < 4.78 is 7.48. The molecule has 0 spiro atoms. The molecule has 0 aliphatic heterocycles. The summed E-state index contributed by atoms with van der Waals surface area (Å²) in [6.45, 7) is 3.73. The molecule has 0 fully saturated rings. The van der Waals surface area contributed by atoms with Gasteiger partial charge in [0.1, 0.15) is 6.33 Å². The fraction of sp³-hybridized carbons (Fsp3) is 0.235. The van der Waals surface area contributed by atoms with Crippen molar-refractivity contribution >= 4 is 17.4 Å². The van der Waals surface area contributed by atoms with Crippen molar-refractivity contribution in [2.24, 2.45) is 5.10 Å². The van der Waals surface area contributed by atoms with Gasteiger partial charge in [0.15, 0.2) is 5.69 Å². The van der Waals surface area contributed by atoms with Gasteiger partial charge >= 0.3 is 0 Å². The molecule has 4 aromatic rings. The predicted molar refractivity (Wildman–Crippen MR) is 106 cm³/mol. The number of amides is 1. The fourth-order valence-corrected chi connectivity index (χ4v) is 2.85. The van der Waals surface area contributed by atoms with Gasteiger partial charge in [0.05, 0.1) is 17.1 Å². The van der Waals surface area contributed by atoms with Gasteiger partial charge in [-0.25, -0.2) is 14.7 Å². The van der Waals surface area contributed by atoms with Crippen LogP contribution < -0.4 is 11.2 Å². The Morgan fingerprint density at radius 1 is 1.29 bits per heavy atom. The number of aromatic nitrogens is 9. The van der Waals surface area contributed by atoms with Gasteiger partial charge in [0.2, 0.25) is 11.6 Å². The van der Waals surface area contributed by atoms with Crippen molar-refractivity contribution in [2.75, 3.05) is 5.73 Å². The zero-order valence-electron chi connectivity index (χ0n) is 16.7. The maximum absolute atomic E-state index is 12.7. The van der Waals surface area contributed by atoms with Crippen LogP contribution in [-0.2, 0) is 6.42 Å². The van der Waals surface area contributed by atoms with E-state index in [-0.39, 0.29) is 17.3 Å². The standard InChI is InChI=1S/C17H18N12O2/c1-3-5-13-14(21-26-29(13)16-15(18)23-31-24-16)17(30)22-20-10(2)11-6-4-7-12(8-11)28-9-19-25-27-28/h4,6-9H,3,5H2,1-2H3,(H2,18,23)(H,22,30)/b20-10-. The van der Waals surface area contributed by atoms with Gasteiger partial charge in [-0.05, 0) is 51.8 Å². The Hall–Kier alpha value is -4.49. The van der Waals surface area contributed by atoms with Crippen LogP contribution in [0, 0.1) is 0 Å². The highest BCUT2D eigenvalue weighted by Crippen LogP contribution is 2.17. The Kier molecular flexibility index (Phi) is 5.42. The van der Waals surface area contributed by atoms with Gasteiger partial charge in [-0.2, -0.15) is 9.78 Å². The van der Waals surface area contributed by atoms with Gasteiger partial charge in [-0.3, -0.25) is 4.79 Å². The smallest absolute Gasteiger partial charge is 0.293 e. The van der Waals surface area contributed by atoms with E-state index in [0.717, 1.165) is 17.7 Å². The number of hydrazone groups is 1. The molecule has 1 amide bonds. The molecule has 14 heteroatoms. The molecule has 31 heavy (non-hydrogen) atoms. The van der Waals surface area contributed by atoms with Crippen molar-refractivity contribution in [2.45, 2.75) is 26.7 Å². The molecule has 158 valence electrons. The molecule has 0 aliphatic carbocycles. The molecule has 0 saturated carbocycles. The molecule has 0 saturated heterocycles. The topological polar surface area (TPSA) is 181 Å². The number of benzene rings is 1. The molecule has 1 aromatic carbocycles. The van der Waals surface area contributed by atoms with Crippen LogP contribution in [0.4, 0.5) is 5.82 Å². The highest BCUT2D eigenvalue weighted by Gasteiger charge is 2.23. The van der Waals surface area contributed by atoms with Crippen molar-refractivity contribution in [1.82, 2.24) is 50.9 Å². The lowest BCUT2D eigenvalue weighted by Gasteiger charge is -2.06. The zero-order valence-corrected chi connectivity index (χ0v) is 16.7. The van der Waals surface area contributed by atoms with Gasteiger partial charge < -0.3 is 5.73 Å². The van der Waals surface area contributed by atoms with Crippen molar-refractivity contribution in [3.05, 3.63) is 47.5 Å². The first-order chi connectivity index (χ1) is 15.1. The maximum atomic E-state index is 12.7. The third-order valence-electron chi connectivity index (χ3n) is 4.36. The average Bonchev–Trinajstić information content (AvgIpc) is 3.53. The zero-order chi connectivity index (χ0) is 21.8. The molecule has 0 radical (unpaired) electrons. The summed E-state index contributed by atoms with van der Waals surface area (Å²) >= 11 is 0. The number of hydrogen-bond donors (Lipinski definition) is 2. The minimum Gasteiger partial charge on any atom is -0.378 e. The van der Waals surface area contributed by atoms with E-state index in [0.29, 0.717) is 17.8 Å². The summed E-state index contributed by atoms with van der Waals surface area (Å²) in [6, 6.07) is 7.40. The number of nitrogens with two attached hydrogens (primary N) is 1. The number of anilines is 1. The first-order valence-corrected chi connectivity index (χ1v) is 9.30. The minimum atomic E-state index is -0.513. The van der Waals surface area contributed by atoms with Crippen molar-refractivity contribution in [3.8, 4) is 11.5 Å². The van der Waals surface area contributed by atoms with Crippen molar-refractivity contribution in [3.63, 3.8) is 0 Å². The van der Waals surface area contributed by atoms with Crippen LogP contribution in [0.3, 0.4) is 0 Å². The molecule has 0 bridgehead atoms. The Balaban J connectivity index is 1.56. The summed E-state index contributed by atoms with van der Waals surface area (Å²) in [6.07, 6.45) is 2.74. The highest BCUT2D eigenvalue weighted by molar-refractivity contribution is 6.01. The van der Waals surface area contributed by atoms with E-state index >= 15 is 0 Å². The van der Waals surface area contributed by atoms with Gasteiger partial charge in [-0.15, -0.1) is 10.2 Å². The number of nitrogens with zero attached hydrogens (tertiary/aromatic N) is 10. The minimum absolute atomic E-state index is 0.0468. The van der Waals surface area contributed by atoms with E-state index in [1.807, 2.05) is 31.2 Å². The fourth-order valence-electron chi connectivity index (χ4n) is 2.85. The Bertz CT molecular complexity index is 1220. The van der Waals surface area contributed by atoms with Crippen LogP contribution >= 0.6 is 0 Å². The first-order valence-electron chi connectivity index (χ1n) is 9.30. The van der Waals surface area contributed by atoms with Gasteiger partial charge in [0, 0.05) is 0 Å². The molecule has 3 aromatic heterocycles. The molecule has 0 unspecified atom stereocenters. The summed E-state index contributed by atoms with van der Waals surface area (Å²) in [7, 11) is 0. The Labute approximate surface area is 175 Å². The van der Waals surface area contributed by atoms with Crippen LogP contribution in [0.25, 0.3) is 11.5 Å². The number of nitrogens with one attached hydrogen (secondary N) is 1. The van der Waals surface area contributed by atoms with Gasteiger partial charge in [-0.1, -0.05) is 30.7 Å². The van der Waals surface area contributed by atoms with E-state index in [9.17, 15) is 4.79 Å². The molecular formula is C17H18N12O2. The second-order valence-electron chi connectivity index (χ2n) is 6.46. The lowest BCUT2D eigenvalue weighted by Crippen LogP contribution is -2.21. The number of carbonyl (C=O) groups is 1. The Morgan fingerprint density at radius 3 is 2.87 bits per heavy atom. The second kappa shape index (κ2) is 8.48. The molecule has 3 N–H and O–H groups in total. The van der Waals surface area contributed by atoms with E-state index in [2.05, 4.69) is 51.3 Å². The number of nitrogen functional groups attached to an aromatic ring is 1. The number of tetrazole rings is 1. The molecule has 4 rings (SSSR count). The van der Waals surface area contributed by atoms with Crippen LogP contribution in [0.1, 0.15) is 42.0 Å². The molecule has 3 heterocycles. The number of carbonyl (C=O) groups excluding carboxylic acids is 1. The lowest BCUT2D eigenvalue weighted by molar-refractivity contribution is 0.0948. The van der Waals surface area contributed by atoms with Crippen LogP contribution in [-0.4, -0.2) is 57.1 Å².